The first-order chi connectivity index (χ1) is 8.84. The van der Waals surface area contributed by atoms with Crippen molar-refractivity contribution in [3.63, 3.8) is 0 Å². The molecule has 18 heavy (non-hydrogen) atoms. The third-order valence-electron chi connectivity index (χ3n) is 2.89. The number of para-hydroxylation sites is 1. The van der Waals surface area contributed by atoms with Crippen LogP contribution in [0.4, 0.5) is 5.69 Å². The van der Waals surface area contributed by atoms with Crippen LogP contribution in [0.5, 0.6) is 0 Å². The van der Waals surface area contributed by atoms with Crippen molar-refractivity contribution in [1.29, 1.82) is 0 Å². The Hall–Kier alpha value is -2.37. The van der Waals surface area contributed by atoms with Crippen LogP contribution < -0.4 is 10.3 Å². The molecule has 0 amide bonds. The van der Waals surface area contributed by atoms with E-state index in [0.717, 1.165) is 24.2 Å². The van der Waals surface area contributed by atoms with E-state index in [0.29, 0.717) is 22.7 Å². The van der Waals surface area contributed by atoms with Crippen LogP contribution in [0.3, 0.4) is 0 Å². The molecule has 0 saturated carbocycles. The molecule has 1 aromatic carbocycles. The molecular formula is C12H12N4O2. The summed E-state index contributed by atoms with van der Waals surface area (Å²) in [4.78, 5) is 0.465. The quantitative estimate of drug-likeness (QED) is 0.640. The molecule has 6 heteroatoms. The second-order valence-corrected chi connectivity index (χ2v) is 4.12. The number of nitrogens with one attached hydrogen (secondary N) is 1. The van der Waals surface area contributed by atoms with Crippen molar-refractivity contribution >= 4 is 11.4 Å². The van der Waals surface area contributed by atoms with Crippen molar-refractivity contribution in [2.75, 3.05) is 5.43 Å². The Kier molecular flexibility index (Phi) is 2.68. The molecule has 1 heterocycles. The van der Waals surface area contributed by atoms with Gasteiger partial charge in [-0.15, -0.1) is 0 Å². The lowest BCUT2D eigenvalue weighted by Gasteiger charge is -2.08. The number of benzene rings is 1. The van der Waals surface area contributed by atoms with Gasteiger partial charge in [-0.3, -0.25) is 10.1 Å². The molecule has 92 valence electrons. The summed E-state index contributed by atoms with van der Waals surface area (Å²) in [6.07, 6.45) is 2.36. The minimum Gasteiger partial charge on any atom is -0.359 e. The Balaban J connectivity index is 1.85. The second kappa shape index (κ2) is 4.48. The van der Waals surface area contributed by atoms with Gasteiger partial charge in [0.15, 0.2) is 0 Å². The van der Waals surface area contributed by atoms with E-state index in [4.69, 9.17) is 0 Å². The van der Waals surface area contributed by atoms with Crippen LogP contribution in [0, 0.1) is 5.21 Å². The van der Waals surface area contributed by atoms with Gasteiger partial charge < -0.3 is 5.21 Å². The highest BCUT2D eigenvalue weighted by Gasteiger charge is 2.28. The minimum absolute atomic E-state index is 0.465. The maximum Gasteiger partial charge on any atom is 0.267 e. The highest BCUT2D eigenvalue weighted by Crippen LogP contribution is 2.17. The van der Waals surface area contributed by atoms with Crippen molar-refractivity contribution in [2.45, 2.75) is 19.3 Å². The lowest BCUT2D eigenvalue weighted by atomic mass is 9.99. The summed E-state index contributed by atoms with van der Waals surface area (Å²) in [6.45, 7) is 0. The van der Waals surface area contributed by atoms with Crippen molar-refractivity contribution in [3.8, 4) is 0 Å². The first kappa shape index (κ1) is 10.8. The highest BCUT2D eigenvalue weighted by molar-refractivity contribution is 6.00. The van der Waals surface area contributed by atoms with Crippen LogP contribution in [0.25, 0.3) is 0 Å². The molecule has 3 rings (SSSR count). The third-order valence-corrected chi connectivity index (χ3v) is 2.89. The van der Waals surface area contributed by atoms with Gasteiger partial charge in [-0.25, -0.2) is 0 Å². The van der Waals surface area contributed by atoms with Gasteiger partial charge in [-0.05, 0) is 29.9 Å². The van der Waals surface area contributed by atoms with Gasteiger partial charge >= 0.3 is 0 Å². The first-order valence-electron chi connectivity index (χ1n) is 5.81. The average molecular weight is 244 g/mol. The molecule has 0 saturated heterocycles. The van der Waals surface area contributed by atoms with Crippen LogP contribution in [-0.2, 0) is 6.42 Å². The van der Waals surface area contributed by atoms with Gasteiger partial charge in [-0.2, -0.15) is 5.10 Å². The Morgan fingerprint density at radius 2 is 2.11 bits per heavy atom. The minimum atomic E-state index is 0.465. The topological polar surface area (TPSA) is 77.4 Å². The predicted octanol–water partition coefficient (Wildman–Crippen LogP) is 1.46. The molecule has 0 fully saturated rings. The molecule has 1 aliphatic rings. The van der Waals surface area contributed by atoms with Crippen LogP contribution in [0.1, 0.15) is 24.2 Å². The zero-order chi connectivity index (χ0) is 12.4. The molecule has 0 unspecified atom stereocenters. The van der Waals surface area contributed by atoms with Crippen molar-refractivity contribution in [2.24, 2.45) is 5.10 Å². The third kappa shape index (κ3) is 1.92. The van der Waals surface area contributed by atoms with Gasteiger partial charge in [0.2, 0.25) is 5.69 Å². The molecule has 1 aliphatic carbocycles. The average Bonchev–Trinajstić information content (AvgIpc) is 2.80. The smallest absolute Gasteiger partial charge is 0.267 e. The summed E-state index contributed by atoms with van der Waals surface area (Å²) in [5.41, 5.74) is 5.75. The van der Waals surface area contributed by atoms with E-state index in [1.165, 1.54) is 0 Å². The fraction of sp³-hybridized carbons (Fsp3) is 0.250. The standard InChI is InChI=1S/C12H12N4O2/c17-16-11-8-4-7-10(12(11)15-18-16)14-13-9-5-2-1-3-6-9/h1-3,5-6,13H,4,7-8H2/b14-10-. The van der Waals surface area contributed by atoms with Crippen molar-refractivity contribution in [3.05, 3.63) is 46.9 Å². The molecule has 0 atom stereocenters. The zero-order valence-electron chi connectivity index (χ0n) is 9.67. The van der Waals surface area contributed by atoms with E-state index in [2.05, 4.69) is 20.3 Å². The molecular weight excluding hydrogens is 232 g/mol. The Bertz CT molecular complexity index is 577. The van der Waals surface area contributed by atoms with Gasteiger partial charge in [-0.1, -0.05) is 18.2 Å². The van der Waals surface area contributed by atoms with Crippen LogP contribution in [-0.4, -0.2) is 10.9 Å². The number of hydrogen-bond acceptors (Lipinski definition) is 5. The maximum atomic E-state index is 11.3. The summed E-state index contributed by atoms with van der Waals surface area (Å²) in [7, 11) is 0. The van der Waals surface area contributed by atoms with Crippen LogP contribution >= 0.6 is 0 Å². The Morgan fingerprint density at radius 3 is 2.94 bits per heavy atom. The lowest BCUT2D eigenvalue weighted by molar-refractivity contribution is -0.808. The van der Waals surface area contributed by atoms with E-state index in [1.807, 2.05) is 30.3 Å². The maximum absolute atomic E-state index is 11.3. The zero-order valence-corrected chi connectivity index (χ0v) is 9.67. The Labute approximate surface area is 103 Å². The normalized spacial score (nSPS) is 16.6. The summed E-state index contributed by atoms with van der Waals surface area (Å²) in [5.74, 6) is 0. The van der Waals surface area contributed by atoms with Gasteiger partial charge in [0.25, 0.3) is 5.69 Å². The van der Waals surface area contributed by atoms with E-state index >= 15 is 0 Å². The monoisotopic (exact) mass is 244 g/mol. The largest absolute Gasteiger partial charge is 0.359 e. The second-order valence-electron chi connectivity index (χ2n) is 4.12. The number of nitrogens with zero attached hydrogens (tertiary/aromatic N) is 3. The van der Waals surface area contributed by atoms with Crippen LogP contribution in [0.15, 0.2) is 40.1 Å². The number of fused-ring (bicyclic) bond motifs is 1. The summed E-state index contributed by atoms with van der Waals surface area (Å²) in [5, 5.41) is 19.4. The fourth-order valence-electron chi connectivity index (χ4n) is 1.99. The molecule has 0 aliphatic heterocycles. The molecule has 0 bridgehead atoms. The molecule has 6 nitrogen and oxygen atoms in total. The number of anilines is 1. The van der Waals surface area contributed by atoms with Gasteiger partial charge in [0.05, 0.1) is 5.69 Å². The highest BCUT2D eigenvalue weighted by atomic mass is 16.8. The number of aromatic nitrogens is 2. The van der Waals surface area contributed by atoms with E-state index in [-0.39, 0.29) is 0 Å². The summed E-state index contributed by atoms with van der Waals surface area (Å²) >= 11 is 0. The Morgan fingerprint density at radius 1 is 1.28 bits per heavy atom. The number of hydrazone groups is 1. The van der Waals surface area contributed by atoms with E-state index in [1.54, 1.807) is 0 Å². The summed E-state index contributed by atoms with van der Waals surface area (Å²) in [6, 6.07) is 9.64. The summed E-state index contributed by atoms with van der Waals surface area (Å²) < 4.78 is 4.60. The fourth-order valence-corrected chi connectivity index (χ4v) is 1.99. The SMILES string of the molecule is [O-][n+]1onc2c1CCC/C2=N/Nc1ccccc1. The number of rotatable bonds is 2. The van der Waals surface area contributed by atoms with Crippen molar-refractivity contribution < 1.29 is 9.53 Å². The molecule has 0 radical (unpaired) electrons. The predicted molar refractivity (Wildman–Crippen MR) is 65.0 cm³/mol. The number of hydrogen-bond donors (Lipinski definition) is 1. The van der Waals surface area contributed by atoms with E-state index < -0.39 is 0 Å². The molecule has 1 aromatic heterocycles. The molecule has 1 N–H and O–H groups in total. The van der Waals surface area contributed by atoms with Gasteiger partial charge in [0, 0.05) is 11.6 Å². The lowest BCUT2D eigenvalue weighted by Crippen LogP contribution is -2.31. The van der Waals surface area contributed by atoms with Gasteiger partial charge in [0.1, 0.15) is 5.71 Å². The van der Waals surface area contributed by atoms with Crippen molar-refractivity contribution in [1.82, 2.24) is 5.16 Å². The molecule has 0 spiro atoms. The molecule has 2 aromatic rings. The first-order valence-corrected chi connectivity index (χ1v) is 5.81. The van der Waals surface area contributed by atoms with E-state index in [9.17, 15) is 5.21 Å². The van der Waals surface area contributed by atoms with Crippen LogP contribution in [0.2, 0.25) is 0 Å².